The van der Waals surface area contributed by atoms with Crippen molar-refractivity contribution in [3.63, 3.8) is 0 Å². The average Bonchev–Trinajstić information content (AvgIpc) is 3.26. The normalized spacial score (nSPS) is 14.2. The van der Waals surface area contributed by atoms with Gasteiger partial charge in [-0.15, -0.1) is 0 Å². The van der Waals surface area contributed by atoms with Gasteiger partial charge in [-0.25, -0.2) is 4.98 Å². The van der Waals surface area contributed by atoms with Gasteiger partial charge in [-0.3, -0.25) is 9.78 Å². The van der Waals surface area contributed by atoms with Gasteiger partial charge in [-0.2, -0.15) is 0 Å². The number of nitrogens with zero attached hydrogens (tertiary/aromatic N) is 4. The Morgan fingerprint density at radius 2 is 1.83 bits per heavy atom. The van der Waals surface area contributed by atoms with E-state index in [0.29, 0.717) is 18.7 Å². The topological polar surface area (TPSA) is 63.1 Å². The van der Waals surface area contributed by atoms with Gasteiger partial charge < -0.3 is 14.8 Å². The zero-order chi connectivity index (χ0) is 24.7. The smallest absolute Gasteiger partial charge is 0.251 e. The van der Waals surface area contributed by atoms with E-state index >= 15 is 0 Å². The zero-order valence-corrected chi connectivity index (χ0v) is 21.6. The number of hydrogen-bond donors (Lipinski definition) is 1. The molecular formula is C29H33N5OS. The fourth-order valence-electron chi connectivity index (χ4n) is 4.68. The van der Waals surface area contributed by atoms with Crippen molar-refractivity contribution in [2.75, 3.05) is 26.2 Å². The first-order valence-corrected chi connectivity index (χ1v) is 13.7. The Bertz CT molecular complexity index is 1310. The van der Waals surface area contributed by atoms with Crippen LogP contribution in [0, 0.1) is 6.92 Å². The van der Waals surface area contributed by atoms with Crippen molar-refractivity contribution < 1.29 is 4.79 Å². The van der Waals surface area contributed by atoms with Crippen LogP contribution in [-0.2, 0) is 12.3 Å². The molecule has 5 rings (SSSR count). The van der Waals surface area contributed by atoms with Crippen molar-refractivity contribution in [1.29, 1.82) is 0 Å². The number of benzene rings is 2. The van der Waals surface area contributed by atoms with E-state index < -0.39 is 0 Å². The number of hydrogen-bond acceptors (Lipinski definition) is 5. The summed E-state index contributed by atoms with van der Waals surface area (Å²) in [7, 11) is 0. The first-order valence-electron chi connectivity index (χ1n) is 12.7. The quantitative estimate of drug-likeness (QED) is 0.317. The Morgan fingerprint density at radius 1 is 1.03 bits per heavy atom. The number of aromatic nitrogens is 3. The van der Waals surface area contributed by atoms with Crippen molar-refractivity contribution >= 4 is 28.7 Å². The van der Waals surface area contributed by atoms with Crippen molar-refractivity contribution in [2.24, 2.45) is 0 Å². The van der Waals surface area contributed by atoms with E-state index in [4.69, 9.17) is 4.98 Å². The lowest BCUT2D eigenvalue weighted by atomic mass is 10.1. The van der Waals surface area contributed by atoms with Crippen LogP contribution in [0.5, 0.6) is 0 Å². The molecule has 0 bridgehead atoms. The molecule has 0 unspecified atom stereocenters. The van der Waals surface area contributed by atoms with Crippen molar-refractivity contribution in [3.05, 3.63) is 89.2 Å². The Balaban J connectivity index is 1.25. The lowest BCUT2D eigenvalue weighted by Gasteiger charge is -2.26. The van der Waals surface area contributed by atoms with Gasteiger partial charge in [0.15, 0.2) is 5.16 Å². The van der Waals surface area contributed by atoms with Gasteiger partial charge in [-0.1, -0.05) is 54.6 Å². The van der Waals surface area contributed by atoms with Crippen LogP contribution in [0.1, 0.15) is 46.3 Å². The van der Waals surface area contributed by atoms with Crippen LogP contribution in [0.25, 0.3) is 11.0 Å². The van der Waals surface area contributed by atoms with Gasteiger partial charge in [0.25, 0.3) is 5.91 Å². The maximum atomic E-state index is 12.6. The number of imidazole rings is 1. The molecule has 1 saturated heterocycles. The maximum Gasteiger partial charge on any atom is 0.251 e. The van der Waals surface area contributed by atoms with Crippen molar-refractivity contribution in [2.45, 2.75) is 43.6 Å². The Hall–Kier alpha value is -3.16. The zero-order valence-electron chi connectivity index (χ0n) is 20.8. The monoisotopic (exact) mass is 499 g/mol. The second-order valence-electron chi connectivity index (χ2n) is 9.42. The number of carbonyl (C=O) groups is 1. The van der Waals surface area contributed by atoms with Gasteiger partial charge >= 0.3 is 0 Å². The molecule has 1 fully saturated rings. The summed E-state index contributed by atoms with van der Waals surface area (Å²) >= 11 is 1.74. The lowest BCUT2D eigenvalue weighted by molar-refractivity contribution is 0.0946. The first-order chi connectivity index (χ1) is 17.7. The highest BCUT2D eigenvalue weighted by Crippen LogP contribution is 2.28. The van der Waals surface area contributed by atoms with E-state index in [1.54, 1.807) is 18.0 Å². The second kappa shape index (κ2) is 11.7. The molecule has 36 heavy (non-hydrogen) atoms. The van der Waals surface area contributed by atoms with Crippen LogP contribution in [-0.4, -0.2) is 51.5 Å². The lowest BCUT2D eigenvalue weighted by Crippen LogP contribution is -2.37. The van der Waals surface area contributed by atoms with Gasteiger partial charge in [-0.05, 0) is 67.7 Å². The molecule has 7 heteroatoms. The van der Waals surface area contributed by atoms with E-state index in [1.165, 1.54) is 30.4 Å². The Kier molecular flexibility index (Phi) is 7.98. The molecule has 186 valence electrons. The summed E-state index contributed by atoms with van der Waals surface area (Å²) in [6, 6.07) is 18.4. The largest absolute Gasteiger partial charge is 0.351 e. The molecule has 0 aliphatic carbocycles. The van der Waals surface area contributed by atoms with Gasteiger partial charge in [0, 0.05) is 30.6 Å². The van der Waals surface area contributed by atoms with Crippen LogP contribution < -0.4 is 5.32 Å². The molecule has 0 radical (unpaired) electrons. The molecule has 0 saturated carbocycles. The van der Waals surface area contributed by atoms with Crippen LogP contribution in [0.4, 0.5) is 0 Å². The van der Waals surface area contributed by atoms with Crippen LogP contribution in [0.2, 0.25) is 0 Å². The van der Waals surface area contributed by atoms with Crippen LogP contribution >= 0.6 is 11.8 Å². The summed E-state index contributed by atoms with van der Waals surface area (Å²) in [6.45, 7) is 6.73. The minimum atomic E-state index is -0.00897. The highest BCUT2D eigenvalue weighted by atomic mass is 32.2. The third kappa shape index (κ3) is 5.97. The number of fused-ring (bicyclic) bond motifs is 1. The van der Waals surface area contributed by atoms with E-state index in [-0.39, 0.29) is 5.91 Å². The fourth-order valence-corrected chi connectivity index (χ4v) is 5.77. The minimum Gasteiger partial charge on any atom is -0.351 e. The SMILES string of the molecule is Cc1ccccc1CSc1nc2ccncc2n1Cc1ccc(C(=O)NCCN2CCCCC2)cc1. The van der Waals surface area contributed by atoms with Gasteiger partial charge in [0.2, 0.25) is 0 Å². The summed E-state index contributed by atoms with van der Waals surface area (Å²) in [5.41, 5.74) is 6.39. The third-order valence-electron chi connectivity index (χ3n) is 6.85. The summed E-state index contributed by atoms with van der Waals surface area (Å²) < 4.78 is 2.22. The van der Waals surface area contributed by atoms with E-state index in [0.717, 1.165) is 47.1 Å². The number of aryl methyl sites for hydroxylation is 1. The molecule has 6 nitrogen and oxygen atoms in total. The number of carbonyl (C=O) groups excluding carboxylic acids is 1. The van der Waals surface area contributed by atoms with E-state index in [1.807, 2.05) is 36.5 Å². The molecular weight excluding hydrogens is 466 g/mol. The van der Waals surface area contributed by atoms with Crippen molar-refractivity contribution in [3.8, 4) is 0 Å². The third-order valence-corrected chi connectivity index (χ3v) is 7.88. The Labute approximate surface area is 217 Å². The summed E-state index contributed by atoms with van der Waals surface area (Å²) in [5.74, 6) is 0.852. The molecule has 2 aromatic carbocycles. The highest BCUT2D eigenvalue weighted by molar-refractivity contribution is 7.98. The number of amides is 1. The van der Waals surface area contributed by atoms with E-state index in [9.17, 15) is 4.79 Å². The second-order valence-corrected chi connectivity index (χ2v) is 10.4. The fraction of sp³-hybridized carbons (Fsp3) is 0.345. The molecule has 3 heterocycles. The molecule has 0 spiro atoms. The summed E-state index contributed by atoms with van der Waals surface area (Å²) in [4.78, 5) is 24.3. The molecule has 1 aliphatic heterocycles. The number of rotatable bonds is 9. The predicted octanol–water partition coefficient (Wildman–Crippen LogP) is 5.30. The molecule has 0 atom stereocenters. The molecule has 2 aromatic heterocycles. The van der Waals surface area contributed by atoms with Crippen LogP contribution in [0.3, 0.4) is 0 Å². The molecule has 1 amide bonds. The number of pyridine rings is 1. The van der Waals surface area contributed by atoms with E-state index in [2.05, 4.69) is 51.0 Å². The van der Waals surface area contributed by atoms with Gasteiger partial charge in [0.1, 0.15) is 0 Å². The van der Waals surface area contributed by atoms with Crippen molar-refractivity contribution in [1.82, 2.24) is 24.8 Å². The molecule has 1 N–H and O–H groups in total. The number of piperidine rings is 1. The first kappa shape index (κ1) is 24.5. The molecule has 1 aliphatic rings. The van der Waals surface area contributed by atoms with Gasteiger partial charge in [0.05, 0.1) is 23.8 Å². The number of likely N-dealkylation sites (tertiary alicyclic amines) is 1. The number of thioether (sulfide) groups is 1. The average molecular weight is 500 g/mol. The maximum absolute atomic E-state index is 12.6. The predicted molar refractivity (Wildman–Crippen MR) is 146 cm³/mol. The Morgan fingerprint density at radius 3 is 2.64 bits per heavy atom. The standard InChI is InChI=1S/C29H33N5OS/c1-22-7-3-4-8-25(22)21-36-29-32-26-13-14-30-19-27(26)34(29)20-23-9-11-24(12-10-23)28(35)31-15-18-33-16-5-2-6-17-33/h3-4,7-14,19H,2,5-6,15-18,20-21H2,1H3,(H,31,35). The number of nitrogens with one attached hydrogen (secondary N) is 1. The summed E-state index contributed by atoms with van der Waals surface area (Å²) in [6.07, 6.45) is 7.53. The highest BCUT2D eigenvalue weighted by Gasteiger charge is 2.14. The minimum absolute atomic E-state index is 0.00897. The van der Waals surface area contributed by atoms with Crippen LogP contribution in [0.15, 0.2) is 72.1 Å². The molecule has 4 aromatic rings. The summed E-state index contributed by atoms with van der Waals surface area (Å²) in [5, 5.41) is 4.05.